The van der Waals surface area contributed by atoms with E-state index >= 15 is 0 Å². The summed E-state index contributed by atoms with van der Waals surface area (Å²) in [7, 11) is 1.99. The molecule has 2 saturated heterocycles. The fourth-order valence-corrected chi connectivity index (χ4v) is 3.32. The zero-order chi connectivity index (χ0) is 16.1. The molecule has 0 bridgehead atoms. The molecule has 3 heterocycles. The molecule has 0 aromatic carbocycles. The standard InChI is InChI=1S/C14H16F3N3O2/c1-19-5-4-8-6-20(7-10(8)19)13(22)9-2-3-11(14(15,16)17)18-12(9)21/h2-3,8,10H,4-7H2,1H3,(H,18,21)/t8-,10+/m0/s1. The number of nitrogens with one attached hydrogen (secondary N) is 1. The number of alkyl halides is 3. The Hall–Kier alpha value is -1.83. The molecule has 0 aliphatic carbocycles. The zero-order valence-electron chi connectivity index (χ0n) is 12.0. The maximum absolute atomic E-state index is 12.5. The van der Waals surface area contributed by atoms with E-state index in [1.807, 2.05) is 7.05 Å². The highest BCUT2D eigenvalue weighted by Gasteiger charge is 2.42. The molecule has 1 amide bonds. The van der Waals surface area contributed by atoms with Crippen LogP contribution in [0.15, 0.2) is 16.9 Å². The molecule has 1 aromatic rings. The number of aromatic amines is 1. The minimum atomic E-state index is -4.63. The number of hydrogen-bond donors (Lipinski definition) is 1. The molecule has 2 aliphatic heterocycles. The van der Waals surface area contributed by atoms with Crippen molar-refractivity contribution >= 4 is 5.91 Å². The second kappa shape index (κ2) is 5.12. The van der Waals surface area contributed by atoms with Gasteiger partial charge in [0.2, 0.25) is 0 Å². The summed E-state index contributed by atoms with van der Waals surface area (Å²) in [5.74, 6) is -0.125. The summed E-state index contributed by atoms with van der Waals surface area (Å²) in [4.78, 5) is 29.6. The Balaban J connectivity index is 1.80. The number of likely N-dealkylation sites (N-methyl/N-ethyl adjacent to an activating group) is 1. The molecule has 2 aliphatic rings. The molecule has 0 saturated carbocycles. The lowest BCUT2D eigenvalue weighted by Gasteiger charge is -2.20. The molecule has 1 aromatic heterocycles. The zero-order valence-corrected chi connectivity index (χ0v) is 12.0. The fraction of sp³-hybridized carbons (Fsp3) is 0.571. The Labute approximate surface area is 124 Å². The van der Waals surface area contributed by atoms with E-state index in [4.69, 9.17) is 0 Å². The predicted octanol–water partition coefficient (Wildman–Crippen LogP) is 1.17. The molecule has 5 nitrogen and oxygen atoms in total. The van der Waals surface area contributed by atoms with Crippen LogP contribution in [0.1, 0.15) is 22.5 Å². The van der Waals surface area contributed by atoms with Gasteiger partial charge in [-0.2, -0.15) is 13.2 Å². The summed E-state index contributed by atoms with van der Waals surface area (Å²) in [5, 5.41) is 0. The average Bonchev–Trinajstić information content (AvgIpc) is 3.00. The van der Waals surface area contributed by atoms with Crippen molar-refractivity contribution in [1.82, 2.24) is 14.8 Å². The van der Waals surface area contributed by atoms with Crippen molar-refractivity contribution in [3.63, 3.8) is 0 Å². The number of fused-ring (bicyclic) bond motifs is 1. The Kier molecular flexibility index (Phi) is 3.51. The smallest absolute Gasteiger partial charge is 0.337 e. The fourth-order valence-electron chi connectivity index (χ4n) is 3.32. The van der Waals surface area contributed by atoms with Gasteiger partial charge in [0.1, 0.15) is 11.3 Å². The van der Waals surface area contributed by atoms with Gasteiger partial charge < -0.3 is 14.8 Å². The topological polar surface area (TPSA) is 56.4 Å². The van der Waals surface area contributed by atoms with Crippen LogP contribution in [0.3, 0.4) is 0 Å². The molecule has 2 atom stereocenters. The molecular formula is C14H16F3N3O2. The third kappa shape index (κ3) is 2.51. The summed E-state index contributed by atoms with van der Waals surface area (Å²) in [6, 6.07) is 1.97. The lowest BCUT2D eigenvalue weighted by molar-refractivity contribution is -0.141. The van der Waals surface area contributed by atoms with E-state index in [1.165, 1.54) is 0 Å². The Morgan fingerprint density at radius 3 is 2.64 bits per heavy atom. The van der Waals surface area contributed by atoms with E-state index in [1.54, 1.807) is 9.88 Å². The van der Waals surface area contributed by atoms with Gasteiger partial charge in [0.25, 0.3) is 11.5 Å². The SMILES string of the molecule is CN1CC[C@H]2CN(C(=O)c3ccc(C(F)(F)F)[nH]c3=O)C[C@H]21. The molecule has 0 radical (unpaired) electrons. The number of halogens is 3. The van der Waals surface area contributed by atoms with E-state index in [2.05, 4.69) is 4.90 Å². The molecular weight excluding hydrogens is 299 g/mol. The van der Waals surface area contributed by atoms with Gasteiger partial charge in [0.15, 0.2) is 0 Å². The average molecular weight is 315 g/mol. The van der Waals surface area contributed by atoms with Crippen molar-refractivity contribution < 1.29 is 18.0 Å². The Bertz CT molecular complexity index is 655. The van der Waals surface area contributed by atoms with Crippen molar-refractivity contribution in [2.45, 2.75) is 18.6 Å². The molecule has 1 N–H and O–H groups in total. The van der Waals surface area contributed by atoms with Crippen LogP contribution in [0, 0.1) is 5.92 Å². The second-order valence-corrected chi connectivity index (χ2v) is 5.92. The highest BCUT2D eigenvalue weighted by molar-refractivity contribution is 5.94. The monoisotopic (exact) mass is 315 g/mol. The Morgan fingerprint density at radius 2 is 2.05 bits per heavy atom. The van der Waals surface area contributed by atoms with Crippen LogP contribution in [0.2, 0.25) is 0 Å². The van der Waals surface area contributed by atoms with Crippen molar-refractivity contribution in [2.24, 2.45) is 5.92 Å². The number of H-pyrrole nitrogens is 1. The first-order valence-corrected chi connectivity index (χ1v) is 7.07. The molecule has 22 heavy (non-hydrogen) atoms. The summed E-state index contributed by atoms with van der Waals surface area (Å²) < 4.78 is 37.6. The third-order valence-electron chi connectivity index (χ3n) is 4.56. The number of rotatable bonds is 1. The van der Waals surface area contributed by atoms with Gasteiger partial charge in [0.05, 0.1) is 0 Å². The molecule has 3 rings (SSSR count). The van der Waals surface area contributed by atoms with Crippen LogP contribution in [0.25, 0.3) is 0 Å². The number of pyridine rings is 1. The van der Waals surface area contributed by atoms with Crippen LogP contribution in [0.5, 0.6) is 0 Å². The highest BCUT2D eigenvalue weighted by atomic mass is 19.4. The lowest BCUT2D eigenvalue weighted by Crippen LogP contribution is -2.37. The van der Waals surface area contributed by atoms with Gasteiger partial charge in [0, 0.05) is 19.1 Å². The van der Waals surface area contributed by atoms with E-state index in [0.29, 0.717) is 19.0 Å². The van der Waals surface area contributed by atoms with Crippen molar-refractivity contribution in [3.8, 4) is 0 Å². The van der Waals surface area contributed by atoms with Gasteiger partial charge in [-0.15, -0.1) is 0 Å². The first kappa shape index (κ1) is 15.1. The third-order valence-corrected chi connectivity index (χ3v) is 4.56. The van der Waals surface area contributed by atoms with E-state index in [-0.39, 0.29) is 11.6 Å². The quantitative estimate of drug-likeness (QED) is 0.846. The van der Waals surface area contributed by atoms with Crippen LogP contribution in [0.4, 0.5) is 13.2 Å². The first-order valence-electron chi connectivity index (χ1n) is 7.07. The largest absolute Gasteiger partial charge is 0.431 e. The van der Waals surface area contributed by atoms with Crippen LogP contribution < -0.4 is 5.56 Å². The van der Waals surface area contributed by atoms with Gasteiger partial charge in [-0.1, -0.05) is 0 Å². The number of nitrogens with zero attached hydrogens (tertiary/aromatic N) is 2. The number of carbonyl (C=O) groups is 1. The van der Waals surface area contributed by atoms with Gasteiger partial charge in [-0.3, -0.25) is 9.59 Å². The van der Waals surface area contributed by atoms with E-state index in [0.717, 1.165) is 25.1 Å². The van der Waals surface area contributed by atoms with Gasteiger partial charge in [-0.05, 0) is 38.1 Å². The van der Waals surface area contributed by atoms with Crippen LogP contribution in [-0.4, -0.2) is 53.4 Å². The van der Waals surface area contributed by atoms with E-state index in [9.17, 15) is 22.8 Å². The summed E-state index contributed by atoms with van der Waals surface area (Å²) in [5.41, 5.74) is -2.38. The first-order chi connectivity index (χ1) is 10.3. The normalized spacial score (nSPS) is 25.5. The number of likely N-dealkylation sites (tertiary alicyclic amines) is 2. The number of aromatic nitrogens is 1. The van der Waals surface area contributed by atoms with Gasteiger partial charge >= 0.3 is 6.18 Å². The summed E-state index contributed by atoms with van der Waals surface area (Å²) >= 11 is 0. The summed E-state index contributed by atoms with van der Waals surface area (Å²) in [6.45, 7) is 2.05. The molecule has 120 valence electrons. The molecule has 2 fully saturated rings. The van der Waals surface area contributed by atoms with Crippen molar-refractivity contribution in [1.29, 1.82) is 0 Å². The lowest BCUT2D eigenvalue weighted by atomic mass is 10.1. The van der Waals surface area contributed by atoms with Crippen molar-refractivity contribution in [2.75, 3.05) is 26.7 Å². The minimum Gasteiger partial charge on any atom is -0.337 e. The molecule has 8 heteroatoms. The van der Waals surface area contributed by atoms with E-state index < -0.39 is 23.3 Å². The maximum atomic E-state index is 12.5. The molecule has 0 unspecified atom stereocenters. The predicted molar refractivity (Wildman–Crippen MR) is 72.5 cm³/mol. The number of hydrogen-bond acceptors (Lipinski definition) is 3. The summed E-state index contributed by atoms with van der Waals surface area (Å²) in [6.07, 6.45) is -3.64. The van der Waals surface area contributed by atoms with Crippen LogP contribution in [-0.2, 0) is 6.18 Å². The second-order valence-electron chi connectivity index (χ2n) is 5.92. The number of amides is 1. The highest BCUT2D eigenvalue weighted by Crippen LogP contribution is 2.31. The minimum absolute atomic E-state index is 0.240. The van der Waals surface area contributed by atoms with Crippen molar-refractivity contribution in [3.05, 3.63) is 33.7 Å². The van der Waals surface area contributed by atoms with Gasteiger partial charge in [-0.25, -0.2) is 0 Å². The van der Waals surface area contributed by atoms with Crippen LogP contribution >= 0.6 is 0 Å². The maximum Gasteiger partial charge on any atom is 0.431 e. The molecule has 0 spiro atoms. The Morgan fingerprint density at radius 1 is 1.32 bits per heavy atom. The number of carbonyl (C=O) groups excluding carboxylic acids is 1.